The van der Waals surface area contributed by atoms with Crippen molar-refractivity contribution >= 4 is 39.9 Å². The summed E-state index contributed by atoms with van der Waals surface area (Å²) in [6, 6.07) is 8.10. The molecule has 0 saturated carbocycles. The van der Waals surface area contributed by atoms with Crippen LogP contribution in [0, 0.1) is 0 Å². The average Bonchev–Trinajstić information content (AvgIpc) is 3.44. The van der Waals surface area contributed by atoms with Crippen LogP contribution >= 0.6 is 34.0 Å². The number of rotatable bonds is 6. The first-order chi connectivity index (χ1) is 12.8. The molecule has 5 nitrogen and oxygen atoms in total. The van der Waals surface area contributed by atoms with Crippen LogP contribution in [-0.4, -0.2) is 25.8 Å². The molecule has 4 aromatic heterocycles. The van der Waals surface area contributed by atoms with Gasteiger partial charge in [-0.25, -0.2) is 4.98 Å². The molecule has 0 fully saturated rings. The summed E-state index contributed by atoms with van der Waals surface area (Å²) in [5.74, 6) is -0.0711. The van der Waals surface area contributed by atoms with Gasteiger partial charge in [0.25, 0.3) is 5.91 Å². The maximum atomic E-state index is 13.1. The largest absolute Gasteiger partial charge is 0.327 e. The van der Waals surface area contributed by atoms with Gasteiger partial charge in [0.1, 0.15) is 16.4 Å². The second-order valence-corrected chi connectivity index (χ2v) is 8.37. The Kier molecular flexibility index (Phi) is 5.14. The van der Waals surface area contributed by atoms with E-state index in [1.807, 2.05) is 39.9 Å². The maximum Gasteiger partial charge on any atom is 0.274 e. The van der Waals surface area contributed by atoms with Gasteiger partial charge in [-0.3, -0.25) is 14.8 Å². The van der Waals surface area contributed by atoms with Gasteiger partial charge in [0.05, 0.1) is 19.3 Å². The molecule has 0 aliphatic heterocycles. The highest BCUT2D eigenvalue weighted by molar-refractivity contribution is 7.13. The molecule has 130 valence electrons. The summed E-state index contributed by atoms with van der Waals surface area (Å²) in [6.07, 6.45) is 4.90. The summed E-state index contributed by atoms with van der Waals surface area (Å²) in [5, 5.41) is 6.55. The van der Waals surface area contributed by atoms with Crippen molar-refractivity contribution in [2.45, 2.75) is 13.1 Å². The number of hydrogen-bond donors (Lipinski definition) is 0. The molecule has 0 aliphatic carbocycles. The number of amides is 1. The second kappa shape index (κ2) is 7.86. The van der Waals surface area contributed by atoms with E-state index in [0.29, 0.717) is 29.5 Å². The lowest BCUT2D eigenvalue weighted by Gasteiger charge is -2.20. The zero-order valence-electron chi connectivity index (χ0n) is 13.6. The molecule has 4 heterocycles. The molecule has 8 heteroatoms. The van der Waals surface area contributed by atoms with Crippen molar-refractivity contribution in [3.63, 3.8) is 0 Å². The zero-order chi connectivity index (χ0) is 17.8. The quantitative estimate of drug-likeness (QED) is 0.477. The Hall–Kier alpha value is -2.42. The fraction of sp³-hybridized carbons (Fsp3) is 0.111. The number of thiophene rings is 2. The molecule has 0 bridgehead atoms. The molecule has 1 amide bonds. The number of nitrogens with zero attached hydrogens (tertiary/aromatic N) is 4. The van der Waals surface area contributed by atoms with Gasteiger partial charge in [0.2, 0.25) is 0 Å². The summed E-state index contributed by atoms with van der Waals surface area (Å²) in [4.78, 5) is 30.0. The van der Waals surface area contributed by atoms with E-state index in [1.54, 1.807) is 46.6 Å². The maximum absolute atomic E-state index is 13.1. The highest BCUT2D eigenvalue weighted by Crippen LogP contribution is 2.24. The Balaban J connectivity index is 1.58. The third-order valence-electron chi connectivity index (χ3n) is 3.65. The van der Waals surface area contributed by atoms with E-state index < -0.39 is 0 Å². The molecule has 0 aromatic carbocycles. The van der Waals surface area contributed by atoms with Crippen molar-refractivity contribution < 1.29 is 4.79 Å². The lowest BCUT2D eigenvalue weighted by molar-refractivity contribution is 0.0728. The highest BCUT2D eigenvalue weighted by Gasteiger charge is 2.21. The Labute approximate surface area is 162 Å². The summed E-state index contributed by atoms with van der Waals surface area (Å²) in [7, 11) is 0. The molecular formula is C18H14N4OS3. The van der Waals surface area contributed by atoms with E-state index in [1.165, 1.54) is 11.3 Å². The fourth-order valence-electron chi connectivity index (χ4n) is 2.44. The normalized spacial score (nSPS) is 10.8. The van der Waals surface area contributed by atoms with E-state index >= 15 is 0 Å². The molecule has 26 heavy (non-hydrogen) atoms. The van der Waals surface area contributed by atoms with E-state index in [0.717, 1.165) is 9.75 Å². The fourth-order valence-corrected chi connectivity index (χ4v) is 4.63. The predicted octanol–water partition coefficient (Wildman–Crippen LogP) is 4.57. The van der Waals surface area contributed by atoms with Crippen molar-refractivity contribution in [2.24, 2.45) is 0 Å². The molecule has 4 rings (SSSR count). The lowest BCUT2D eigenvalue weighted by Crippen LogP contribution is -2.29. The minimum atomic E-state index is -0.0711. The SMILES string of the molecule is O=C(c1csc(-c2cnccn2)n1)N(Cc1cccs1)Cc1cccs1. The van der Waals surface area contributed by atoms with Crippen LogP contribution in [0.1, 0.15) is 20.2 Å². The summed E-state index contributed by atoms with van der Waals surface area (Å²) >= 11 is 4.71. The van der Waals surface area contributed by atoms with Crippen LogP contribution in [0.5, 0.6) is 0 Å². The van der Waals surface area contributed by atoms with Gasteiger partial charge in [0.15, 0.2) is 0 Å². The van der Waals surface area contributed by atoms with E-state index in [4.69, 9.17) is 0 Å². The van der Waals surface area contributed by atoms with Gasteiger partial charge in [0, 0.05) is 27.5 Å². The van der Waals surface area contributed by atoms with Crippen LogP contribution in [0.4, 0.5) is 0 Å². The van der Waals surface area contributed by atoms with Crippen molar-refractivity contribution in [1.29, 1.82) is 0 Å². The Morgan fingerprint density at radius 2 is 1.73 bits per heavy atom. The van der Waals surface area contributed by atoms with E-state index in [9.17, 15) is 4.79 Å². The predicted molar refractivity (Wildman–Crippen MR) is 105 cm³/mol. The number of aromatic nitrogens is 3. The molecule has 0 saturated heterocycles. The monoisotopic (exact) mass is 398 g/mol. The van der Waals surface area contributed by atoms with Crippen molar-refractivity contribution in [1.82, 2.24) is 19.9 Å². The number of hydrogen-bond acceptors (Lipinski definition) is 7. The van der Waals surface area contributed by atoms with E-state index in [2.05, 4.69) is 15.0 Å². The van der Waals surface area contributed by atoms with Crippen LogP contribution in [0.3, 0.4) is 0 Å². The highest BCUT2D eigenvalue weighted by atomic mass is 32.1. The van der Waals surface area contributed by atoms with Crippen LogP contribution < -0.4 is 0 Å². The summed E-state index contributed by atoms with van der Waals surface area (Å²) < 4.78 is 0. The molecule has 0 unspecified atom stereocenters. The minimum Gasteiger partial charge on any atom is -0.327 e. The molecule has 0 aliphatic rings. The van der Waals surface area contributed by atoms with Crippen molar-refractivity contribution in [3.05, 3.63) is 74.4 Å². The van der Waals surface area contributed by atoms with Crippen LogP contribution in [0.2, 0.25) is 0 Å². The zero-order valence-corrected chi connectivity index (χ0v) is 16.1. The van der Waals surface area contributed by atoms with E-state index in [-0.39, 0.29) is 5.91 Å². The van der Waals surface area contributed by atoms with Crippen LogP contribution in [-0.2, 0) is 13.1 Å². The molecule has 0 atom stereocenters. The lowest BCUT2D eigenvalue weighted by atomic mass is 10.3. The summed E-state index contributed by atoms with van der Waals surface area (Å²) in [5.41, 5.74) is 1.13. The van der Waals surface area contributed by atoms with Gasteiger partial charge in [-0.15, -0.1) is 34.0 Å². The van der Waals surface area contributed by atoms with Crippen molar-refractivity contribution in [2.75, 3.05) is 0 Å². The number of carbonyl (C=O) groups excluding carboxylic acids is 1. The molecular weight excluding hydrogens is 384 g/mol. The Morgan fingerprint density at radius 3 is 2.31 bits per heavy atom. The second-order valence-electron chi connectivity index (χ2n) is 5.45. The first-order valence-electron chi connectivity index (χ1n) is 7.85. The minimum absolute atomic E-state index is 0.0711. The molecule has 4 aromatic rings. The Bertz CT molecular complexity index is 929. The van der Waals surface area contributed by atoms with Crippen LogP contribution in [0.25, 0.3) is 10.7 Å². The van der Waals surface area contributed by atoms with Crippen molar-refractivity contribution in [3.8, 4) is 10.7 Å². The first kappa shape index (κ1) is 17.0. The Morgan fingerprint density at radius 1 is 1.00 bits per heavy atom. The summed E-state index contributed by atoms with van der Waals surface area (Å²) in [6.45, 7) is 1.15. The van der Waals surface area contributed by atoms with Gasteiger partial charge in [-0.2, -0.15) is 0 Å². The third kappa shape index (κ3) is 3.87. The van der Waals surface area contributed by atoms with Crippen LogP contribution in [0.15, 0.2) is 59.0 Å². The topological polar surface area (TPSA) is 59.0 Å². The van der Waals surface area contributed by atoms with Gasteiger partial charge < -0.3 is 4.90 Å². The molecule has 0 N–H and O–H groups in total. The smallest absolute Gasteiger partial charge is 0.274 e. The number of carbonyl (C=O) groups is 1. The first-order valence-corrected chi connectivity index (χ1v) is 10.5. The molecule has 0 spiro atoms. The number of thiazole rings is 1. The average molecular weight is 399 g/mol. The van der Waals surface area contributed by atoms with Gasteiger partial charge in [-0.05, 0) is 22.9 Å². The standard InChI is InChI=1S/C18H14N4OS3/c23-18(16-12-26-17(21-16)15-9-19-5-6-20-15)22(10-13-3-1-7-24-13)11-14-4-2-8-25-14/h1-9,12H,10-11H2. The third-order valence-corrected chi connectivity index (χ3v) is 6.23. The van der Waals surface area contributed by atoms with Gasteiger partial charge >= 0.3 is 0 Å². The van der Waals surface area contributed by atoms with Gasteiger partial charge in [-0.1, -0.05) is 12.1 Å². The molecule has 0 radical (unpaired) electrons.